The number of rotatable bonds is 7. The number of nitrogens with one attached hydrogen (secondary N) is 1. The van der Waals surface area contributed by atoms with E-state index in [0.29, 0.717) is 36.0 Å². The second-order valence-corrected chi connectivity index (χ2v) is 8.57. The van der Waals surface area contributed by atoms with Crippen LogP contribution in [0.1, 0.15) is 5.56 Å². The van der Waals surface area contributed by atoms with Crippen molar-refractivity contribution in [3.8, 4) is 11.5 Å². The highest BCUT2D eigenvalue weighted by molar-refractivity contribution is 8.18. The molecule has 34 heavy (non-hydrogen) atoms. The summed E-state index contributed by atoms with van der Waals surface area (Å²) in [6, 6.07) is 12.6. The molecular weight excluding hydrogens is 458 g/mol. The Morgan fingerprint density at radius 1 is 1.09 bits per heavy atom. The summed E-state index contributed by atoms with van der Waals surface area (Å²) in [5, 5.41) is 2.34. The summed E-state index contributed by atoms with van der Waals surface area (Å²) in [5.74, 6) is 0.145. The van der Waals surface area contributed by atoms with E-state index in [1.165, 1.54) is 14.2 Å². The number of para-hydroxylation sites is 2. The van der Waals surface area contributed by atoms with Crippen molar-refractivity contribution in [2.45, 2.75) is 0 Å². The Labute approximate surface area is 201 Å². The van der Waals surface area contributed by atoms with Gasteiger partial charge < -0.3 is 24.4 Å². The number of carbonyl (C=O) groups is 3. The van der Waals surface area contributed by atoms with Crippen molar-refractivity contribution in [3.05, 3.63) is 52.9 Å². The van der Waals surface area contributed by atoms with Gasteiger partial charge in [-0.05, 0) is 47.7 Å². The lowest BCUT2D eigenvalue weighted by molar-refractivity contribution is -0.127. The van der Waals surface area contributed by atoms with E-state index in [9.17, 15) is 14.4 Å². The maximum absolute atomic E-state index is 12.9. The Balaban J connectivity index is 1.46. The number of thioether (sulfide) groups is 1. The lowest BCUT2D eigenvalue weighted by Crippen LogP contribution is -2.38. The van der Waals surface area contributed by atoms with Gasteiger partial charge >= 0.3 is 0 Å². The van der Waals surface area contributed by atoms with Crippen molar-refractivity contribution in [2.24, 2.45) is 0 Å². The molecule has 0 aromatic heterocycles. The molecule has 0 atom stereocenters. The van der Waals surface area contributed by atoms with Crippen LogP contribution >= 0.6 is 11.8 Å². The Morgan fingerprint density at radius 2 is 1.76 bits per heavy atom. The number of carbonyl (C=O) groups excluding carboxylic acids is 3. The molecule has 10 heteroatoms. The van der Waals surface area contributed by atoms with E-state index in [0.717, 1.165) is 35.4 Å². The van der Waals surface area contributed by atoms with Crippen molar-refractivity contribution in [3.63, 3.8) is 0 Å². The monoisotopic (exact) mass is 483 g/mol. The van der Waals surface area contributed by atoms with Gasteiger partial charge in [0, 0.05) is 19.2 Å². The van der Waals surface area contributed by atoms with E-state index in [1.54, 1.807) is 30.3 Å². The first-order valence-electron chi connectivity index (χ1n) is 10.7. The van der Waals surface area contributed by atoms with E-state index in [4.69, 9.17) is 14.2 Å². The molecule has 178 valence electrons. The van der Waals surface area contributed by atoms with E-state index in [2.05, 4.69) is 10.2 Å². The van der Waals surface area contributed by atoms with Gasteiger partial charge in [0.1, 0.15) is 18.0 Å². The fourth-order valence-corrected chi connectivity index (χ4v) is 4.53. The predicted octanol–water partition coefficient (Wildman–Crippen LogP) is 3.22. The highest BCUT2D eigenvalue weighted by Crippen LogP contribution is 2.34. The van der Waals surface area contributed by atoms with Crippen molar-refractivity contribution >= 4 is 46.3 Å². The maximum Gasteiger partial charge on any atom is 0.294 e. The van der Waals surface area contributed by atoms with E-state index < -0.39 is 17.1 Å². The van der Waals surface area contributed by atoms with Gasteiger partial charge in [-0.15, -0.1) is 0 Å². The fourth-order valence-electron chi connectivity index (χ4n) is 3.69. The first-order chi connectivity index (χ1) is 16.5. The zero-order chi connectivity index (χ0) is 24.1. The van der Waals surface area contributed by atoms with Gasteiger partial charge in [-0.25, -0.2) is 0 Å². The normalized spacial score (nSPS) is 17.3. The second-order valence-electron chi connectivity index (χ2n) is 7.58. The summed E-state index contributed by atoms with van der Waals surface area (Å²) in [7, 11) is 3.06. The molecule has 0 saturated carbocycles. The number of imide groups is 1. The van der Waals surface area contributed by atoms with Crippen LogP contribution in [0.5, 0.6) is 11.5 Å². The topological polar surface area (TPSA) is 97.4 Å². The number of hydrogen-bond donors (Lipinski definition) is 1. The van der Waals surface area contributed by atoms with Crippen LogP contribution in [-0.2, 0) is 14.3 Å². The fraction of sp³-hybridized carbons (Fsp3) is 0.292. The highest BCUT2D eigenvalue weighted by Gasteiger charge is 2.36. The molecule has 2 aliphatic heterocycles. The molecule has 3 amide bonds. The minimum absolute atomic E-state index is 0.224. The average Bonchev–Trinajstić information content (AvgIpc) is 3.11. The molecule has 0 unspecified atom stereocenters. The van der Waals surface area contributed by atoms with Crippen molar-refractivity contribution < 1.29 is 28.6 Å². The number of anilines is 2. The lowest BCUT2D eigenvalue weighted by Gasteiger charge is -2.30. The van der Waals surface area contributed by atoms with Crippen molar-refractivity contribution in [1.82, 2.24) is 4.90 Å². The first kappa shape index (κ1) is 23.7. The Morgan fingerprint density at radius 3 is 2.44 bits per heavy atom. The van der Waals surface area contributed by atoms with Crippen molar-refractivity contribution in [2.75, 3.05) is 57.3 Å². The Bertz CT molecular complexity index is 1110. The van der Waals surface area contributed by atoms with Crippen LogP contribution in [-0.4, -0.2) is 69.0 Å². The number of methoxy groups -OCH3 is 2. The molecule has 4 rings (SSSR count). The summed E-state index contributed by atoms with van der Waals surface area (Å²) in [5.41, 5.74) is 2.14. The molecule has 1 N–H and O–H groups in total. The summed E-state index contributed by atoms with van der Waals surface area (Å²) in [6.07, 6.45) is 1.58. The average molecular weight is 484 g/mol. The third-order valence-corrected chi connectivity index (χ3v) is 6.28. The van der Waals surface area contributed by atoms with Gasteiger partial charge in [0.15, 0.2) is 0 Å². The van der Waals surface area contributed by atoms with Crippen LogP contribution < -0.4 is 19.7 Å². The smallest absolute Gasteiger partial charge is 0.294 e. The third kappa shape index (κ3) is 5.35. The van der Waals surface area contributed by atoms with Crippen LogP contribution in [0.4, 0.5) is 16.2 Å². The first-order valence-corrected chi connectivity index (χ1v) is 11.5. The molecule has 0 bridgehead atoms. The number of morpholine rings is 1. The van der Waals surface area contributed by atoms with Gasteiger partial charge in [-0.3, -0.25) is 19.3 Å². The highest BCUT2D eigenvalue weighted by atomic mass is 32.2. The molecule has 2 saturated heterocycles. The molecule has 2 aliphatic rings. The molecule has 2 heterocycles. The number of benzene rings is 2. The van der Waals surface area contributed by atoms with Gasteiger partial charge in [-0.2, -0.15) is 0 Å². The number of amides is 3. The van der Waals surface area contributed by atoms with Gasteiger partial charge in [0.2, 0.25) is 5.91 Å². The van der Waals surface area contributed by atoms with Crippen LogP contribution in [0, 0.1) is 0 Å². The third-order valence-electron chi connectivity index (χ3n) is 5.38. The van der Waals surface area contributed by atoms with Gasteiger partial charge in [-0.1, -0.05) is 12.1 Å². The molecule has 2 fully saturated rings. The number of hydrogen-bond acceptors (Lipinski definition) is 8. The Kier molecular flexibility index (Phi) is 7.39. The van der Waals surface area contributed by atoms with E-state index >= 15 is 0 Å². The summed E-state index contributed by atoms with van der Waals surface area (Å²) < 4.78 is 15.9. The largest absolute Gasteiger partial charge is 0.497 e. The van der Waals surface area contributed by atoms with Crippen LogP contribution in [0.3, 0.4) is 0 Å². The molecule has 2 aromatic carbocycles. The minimum atomic E-state index is -0.520. The zero-order valence-electron chi connectivity index (χ0n) is 18.9. The summed E-state index contributed by atoms with van der Waals surface area (Å²) in [6.45, 7) is 2.29. The molecule has 0 spiro atoms. The number of nitrogens with zero attached hydrogens (tertiary/aromatic N) is 2. The zero-order valence-corrected chi connectivity index (χ0v) is 19.7. The van der Waals surface area contributed by atoms with Gasteiger partial charge in [0.25, 0.3) is 11.1 Å². The van der Waals surface area contributed by atoms with Crippen LogP contribution in [0.15, 0.2) is 47.4 Å². The summed E-state index contributed by atoms with van der Waals surface area (Å²) >= 11 is 0.792. The lowest BCUT2D eigenvalue weighted by atomic mass is 10.2. The molecule has 2 aromatic rings. The van der Waals surface area contributed by atoms with Crippen molar-refractivity contribution in [1.29, 1.82) is 0 Å². The van der Waals surface area contributed by atoms with Crippen LogP contribution in [0.2, 0.25) is 0 Å². The standard InChI is InChI=1S/C24H25N3O6S/c1-31-17-11-16(12-18(14-17)32-2)13-21-23(29)27(24(30)34-21)15-22(28)25-19-5-3-4-6-20(19)26-7-9-33-10-8-26/h3-6,11-14H,7-10,15H2,1-2H3,(H,25,28)/b21-13+. The molecular formula is C24H25N3O6S. The maximum atomic E-state index is 12.9. The second kappa shape index (κ2) is 10.6. The van der Waals surface area contributed by atoms with E-state index in [-0.39, 0.29) is 11.4 Å². The Hall–Kier alpha value is -3.50. The minimum Gasteiger partial charge on any atom is -0.497 e. The molecule has 0 radical (unpaired) electrons. The summed E-state index contributed by atoms with van der Waals surface area (Å²) in [4.78, 5) is 41.5. The predicted molar refractivity (Wildman–Crippen MR) is 130 cm³/mol. The quantitative estimate of drug-likeness (QED) is 0.600. The molecule has 9 nitrogen and oxygen atoms in total. The molecule has 0 aliphatic carbocycles. The van der Waals surface area contributed by atoms with Crippen LogP contribution in [0.25, 0.3) is 6.08 Å². The van der Waals surface area contributed by atoms with Gasteiger partial charge in [0.05, 0.1) is 43.7 Å². The SMILES string of the molecule is COc1cc(/C=C2/SC(=O)N(CC(=O)Nc3ccccc3N3CCOCC3)C2=O)cc(OC)c1. The number of ether oxygens (including phenoxy) is 3. The van der Waals surface area contributed by atoms with E-state index in [1.807, 2.05) is 18.2 Å².